The summed E-state index contributed by atoms with van der Waals surface area (Å²) < 4.78 is 1.75. The first-order valence-electron chi connectivity index (χ1n) is 5.50. The van der Waals surface area contributed by atoms with Gasteiger partial charge in [-0.2, -0.15) is 10.2 Å². The lowest BCUT2D eigenvalue weighted by atomic mass is 10.1. The molecule has 3 aromatic rings. The van der Waals surface area contributed by atoms with Crippen LogP contribution in [0.3, 0.4) is 0 Å². The minimum Gasteiger partial charge on any atom is -0.323 e. The second kappa shape index (κ2) is 4.29. The molecule has 0 saturated carbocycles. The van der Waals surface area contributed by atoms with E-state index in [2.05, 4.69) is 15.2 Å². The minimum atomic E-state index is 0.839. The van der Waals surface area contributed by atoms with Gasteiger partial charge >= 0.3 is 0 Å². The van der Waals surface area contributed by atoms with Gasteiger partial charge in [0.05, 0.1) is 12.4 Å². The molecule has 0 aliphatic heterocycles. The van der Waals surface area contributed by atoms with Crippen LogP contribution >= 0.6 is 0 Å². The standard InChI is InChI=1S/C13H11N5/c14-16-7-10-1-3-11(4-2-10)12-8-15-13-5-6-17-18(13)9-12/h1-9H,14H2. The van der Waals surface area contributed by atoms with Gasteiger partial charge in [0.1, 0.15) is 0 Å². The SMILES string of the molecule is NN=Cc1ccc(-c2cnc3ccnn3c2)cc1. The molecule has 3 rings (SSSR count). The van der Waals surface area contributed by atoms with Gasteiger partial charge < -0.3 is 5.84 Å². The van der Waals surface area contributed by atoms with Crippen LogP contribution in [0.25, 0.3) is 16.8 Å². The van der Waals surface area contributed by atoms with Crippen LogP contribution in [0, 0.1) is 0 Å². The highest BCUT2D eigenvalue weighted by atomic mass is 15.2. The van der Waals surface area contributed by atoms with Crippen LogP contribution < -0.4 is 5.84 Å². The maximum atomic E-state index is 5.11. The third kappa shape index (κ3) is 1.82. The number of fused-ring (bicyclic) bond motifs is 1. The summed E-state index contributed by atoms with van der Waals surface area (Å²) in [6, 6.07) is 9.79. The Bertz CT molecular complexity index is 697. The van der Waals surface area contributed by atoms with Gasteiger partial charge in [0, 0.05) is 24.0 Å². The van der Waals surface area contributed by atoms with E-state index in [1.54, 1.807) is 16.9 Å². The van der Waals surface area contributed by atoms with Crippen LogP contribution in [0.5, 0.6) is 0 Å². The largest absolute Gasteiger partial charge is 0.323 e. The topological polar surface area (TPSA) is 68.6 Å². The van der Waals surface area contributed by atoms with Crippen molar-refractivity contribution in [2.75, 3.05) is 0 Å². The highest BCUT2D eigenvalue weighted by Gasteiger charge is 2.01. The summed E-state index contributed by atoms with van der Waals surface area (Å²) in [5, 5.41) is 7.66. The van der Waals surface area contributed by atoms with Crippen molar-refractivity contribution in [2.45, 2.75) is 0 Å². The van der Waals surface area contributed by atoms with Crippen molar-refractivity contribution in [3.05, 3.63) is 54.5 Å². The molecule has 0 atom stereocenters. The Hall–Kier alpha value is -2.69. The van der Waals surface area contributed by atoms with Crippen molar-refractivity contribution in [1.82, 2.24) is 14.6 Å². The van der Waals surface area contributed by atoms with E-state index in [0.29, 0.717) is 0 Å². The van der Waals surface area contributed by atoms with E-state index in [-0.39, 0.29) is 0 Å². The molecule has 0 unspecified atom stereocenters. The summed E-state index contributed by atoms with van der Waals surface area (Å²) in [5.41, 5.74) is 3.90. The highest BCUT2D eigenvalue weighted by molar-refractivity contribution is 5.80. The molecular formula is C13H11N5. The fourth-order valence-electron chi connectivity index (χ4n) is 1.81. The van der Waals surface area contributed by atoms with Crippen molar-refractivity contribution in [1.29, 1.82) is 0 Å². The first-order chi connectivity index (χ1) is 8.86. The zero-order chi connectivity index (χ0) is 12.4. The molecule has 88 valence electrons. The maximum Gasteiger partial charge on any atom is 0.154 e. The second-order valence-corrected chi connectivity index (χ2v) is 3.88. The summed E-state index contributed by atoms with van der Waals surface area (Å²) >= 11 is 0. The molecule has 0 aliphatic carbocycles. The van der Waals surface area contributed by atoms with Gasteiger partial charge in [-0.15, -0.1) is 0 Å². The third-order valence-electron chi connectivity index (χ3n) is 2.71. The van der Waals surface area contributed by atoms with E-state index in [1.807, 2.05) is 42.7 Å². The lowest BCUT2D eigenvalue weighted by molar-refractivity contribution is 0.941. The van der Waals surface area contributed by atoms with E-state index in [1.165, 1.54) is 0 Å². The number of hydrogen-bond donors (Lipinski definition) is 1. The number of nitrogens with two attached hydrogens (primary N) is 1. The molecule has 0 saturated heterocycles. The molecule has 1 aromatic carbocycles. The van der Waals surface area contributed by atoms with Crippen molar-refractivity contribution < 1.29 is 0 Å². The molecule has 5 heteroatoms. The fraction of sp³-hybridized carbons (Fsp3) is 0. The van der Waals surface area contributed by atoms with Gasteiger partial charge in [0.15, 0.2) is 5.65 Å². The summed E-state index contributed by atoms with van der Waals surface area (Å²) in [7, 11) is 0. The molecule has 0 fully saturated rings. The lowest BCUT2D eigenvalue weighted by Crippen LogP contribution is -1.91. The van der Waals surface area contributed by atoms with Crippen LogP contribution in [-0.4, -0.2) is 20.8 Å². The lowest BCUT2D eigenvalue weighted by Gasteiger charge is -2.02. The van der Waals surface area contributed by atoms with Crippen LogP contribution in [-0.2, 0) is 0 Å². The molecule has 0 amide bonds. The number of benzene rings is 1. The Balaban J connectivity index is 2.02. The number of hydrogen-bond acceptors (Lipinski definition) is 4. The summed E-state index contributed by atoms with van der Waals surface area (Å²) in [6.45, 7) is 0. The summed E-state index contributed by atoms with van der Waals surface area (Å²) in [4.78, 5) is 4.33. The van der Waals surface area contributed by atoms with E-state index in [0.717, 1.165) is 22.3 Å². The molecule has 0 aliphatic rings. The summed E-state index contributed by atoms with van der Waals surface area (Å²) in [5.74, 6) is 5.11. The predicted octanol–water partition coefficient (Wildman–Crippen LogP) is 1.69. The van der Waals surface area contributed by atoms with Crippen molar-refractivity contribution in [3.8, 4) is 11.1 Å². The predicted molar refractivity (Wildman–Crippen MR) is 70.2 cm³/mol. The van der Waals surface area contributed by atoms with Gasteiger partial charge in [0.2, 0.25) is 0 Å². The number of nitrogens with zero attached hydrogens (tertiary/aromatic N) is 4. The molecular weight excluding hydrogens is 226 g/mol. The van der Waals surface area contributed by atoms with Crippen LogP contribution in [0.2, 0.25) is 0 Å². The van der Waals surface area contributed by atoms with Gasteiger partial charge in [-0.3, -0.25) is 0 Å². The Morgan fingerprint density at radius 1 is 1.11 bits per heavy atom. The molecule has 0 spiro atoms. The molecule has 2 aromatic heterocycles. The van der Waals surface area contributed by atoms with Gasteiger partial charge in [-0.1, -0.05) is 24.3 Å². The van der Waals surface area contributed by atoms with Crippen molar-refractivity contribution >= 4 is 11.9 Å². The highest BCUT2D eigenvalue weighted by Crippen LogP contribution is 2.18. The van der Waals surface area contributed by atoms with E-state index >= 15 is 0 Å². The van der Waals surface area contributed by atoms with E-state index in [9.17, 15) is 0 Å². The molecule has 5 nitrogen and oxygen atoms in total. The van der Waals surface area contributed by atoms with Gasteiger partial charge in [-0.25, -0.2) is 9.50 Å². The molecule has 0 bridgehead atoms. The normalized spacial score (nSPS) is 11.3. The van der Waals surface area contributed by atoms with Gasteiger partial charge in [0.25, 0.3) is 0 Å². The average Bonchev–Trinajstić information content (AvgIpc) is 2.87. The van der Waals surface area contributed by atoms with Crippen molar-refractivity contribution in [2.24, 2.45) is 10.9 Å². The Labute approximate surface area is 104 Å². The number of aromatic nitrogens is 3. The zero-order valence-corrected chi connectivity index (χ0v) is 9.56. The van der Waals surface area contributed by atoms with Crippen LogP contribution in [0.1, 0.15) is 5.56 Å². The smallest absolute Gasteiger partial charge is 0.154 e. The quantitative estimate of drug-likeness (QED) is 0.419. The molecule has 18 heavy (non-hydrogen) atoms. The second-order valence-electron chi connectivity index (χ2n) is 3.88. The molecule has 2 heterocycles. The molecule has 2 N–H and O–H groups in total. The van der Waals surface area contributed by atoms with E-state index in [4.69, 9.17) is 5.84 Å². The molecule has 0 radical (unpaired) electrons. The van der Waals surface area contributed by atoms with Crippen LogP contribution in [0.4, 0.5) is 0 Å². The minimum absolute atomic E-state index is 0.839. The number of rotatable bonds is 2. The Kier molecular flexibility index (Phi) is 2.49. The average molecular weight is 237 g/mol. The fourth-order valence-corrected chi connectivity index (χ4v) is 1.81. The Morgan fingerprint density at radius 2 is 1.94 bits per heavy atom. The number of hydrazone groups is 1. The van der Waals surface area contributed by atoms with Crippen molar-refractivity contribution in [3.63, 3.8) is 0 Å². The monoisotopic (exact) mass is 237 g/mol. The first kappa shape index (κ1) is 10.5. The first-order valence-corrected chi connectivity index (χ1v) is 5.50. The zero-order valence-electron chi connectivity index (χ0n) is 9.56. The summed E-state index contributed by atoms with van der Waals surface area (Å²) in [6.07, 6.45) is 7.13. The third-order valence-corrected chi connectivity index (χ3v) is 2.71. The van der Waals surface area contributed by atoms with E-state index < -0.39 is 0 Å². The Morgan fingerprint density at radius 3 is 2.72 bits per heavy atom. The maximum absolute atomic E-state index is 5.11. The van der Waals surface area contributed by atoms with Crippen LogP contribution in [0.15, 0.2) is 54.0 Å². The van der Waals surface area contributed by atoms with Gasteiger partial charge in [-0.05, 0) is 11.1 Å².